The summed E-state index contributed by atoms with van der Waals surface area (Å²) in [6.07, 6.45) is 4.35. The molecule has 0 aliphatic carbocycles. The van der Waals surface area contributed by atoms with Crippen LogP contribution in [0.2, 0.25) is 0 Å². The van der Waals surface area contributed by atoms with Crippen LogP contribution in [0.25, 0.3) is 11.4 Å². The zero-order valence-corrected chi connectivity index (χ0v) is 15.3. The molecule has 2 amide bonds. The number of nitrogens with zero attached hydrogens (tertiary/aromatic N) is 4. The summed E-state index contributed by atoms with van der Waals surface area (Å²) in [6, 6.07) is 3.77. The molecule has 2 aromatic rings. The number of hydrazine groups is 1. The molecule has 0 saturated carbocycles. The fraction of sp³-hybridized carbons (Fsp3) is 0.438. The number of amides is 2. The zero-order chi connectivity index (χ0) is 18.2. The number of nitrogens with one attached hydrogen (secondary N) is 2. The van der Waals surface area contributed by atoms with Gasteiger partial charge in [-0.15, -0.1) is 10.2 Å². The van der Waals surface area contributed by atoms with Crippen LogP contribution in [0.3, 0.4) is 0 Å². The number of rotatable bonds is 7. The molecule has 0 aliphatic heterocycles. The molecule has 0 atom stereocenters. The first-order chi connectivity index (χ1) is 12.0. The normalized spacial score (nSPS) is 10.7. The molecule has 9 heteroatoms. The van der Waals surface area contributed by atoms with Crippen molar-refractivity contribution in [3.63, 3.8) is 0 Å². The van der Waals surface area contributed by atoms with Gasteiger partial charge in [0.15, 0.2) is 11.0 Å². The molecule has 8 nitrogen and oxygen atoms in total. The second-order valence-electron chi connectivity index (χ2n) is 5.68. The first-order valence-corrected chi connectivity index (χ1v) is 9.06. The topological polar surface area (TPSA) is 102 Å². The number of pyridine rings is 1. The van der Waals surface area contributed by atoms with Gasteiger partial charge in [0.25, 0.3) is 0 Å². The maximum absolute atomic E-state index is 11.9. The van der Waals surface area contributed by atoms with Gasteiger partial charge < -0.3 is 4.57 Å². The van der Waals surface area contributed by atoms with Gasteiger partial charge >= 0.3 is 0 Å². The van der Waals surface area contributed by atoms with Gasteiger partial charge in [0, 0.05) is 30.4 Å². The van der Waals surface area contributed by atoms with Crippen molar-refractivity contribution in [3.05, 3.63) is 24.5 Å². The summed E-state index contributed by atoms with van der Waals surface area (Å²) in [5.74, 6) is 0.140. The average Bonchev–Trinajstić information content (AvgIpc) is 3.01. The van der Waals surface area contributed by atoms with E-state index in [1.807, 2.05) is 16.7 Å². The van der Waals surface area contributed by atoms with Crippen LogP contribution in [0, 0.1) is 5.92 Å². The summed E-state index contributed by atoms with van der Waals surface area (Å²) in [5.41, 5.74) is 5.66. The molecule has 0 unspecified atom stereocenters. The molecule has 2 heterocycles. The van der Waals surface area contributed by atoms with Crippen molar-refractivity contribution < 1.29 is 9.59 Å². The lowest BCUT2D eigenvalue weighted by Crippen LogP contribution is -2.44. The fourth-order valence-electron chi connectivity index (χ4n) is 1.97. The third-order valence-electron chi connectivity index (χ3n) is 3.27. The van der Waals surface area contributed by atoms with Crippen LogP contribution in [0.4, 0.5) is 0 Å². The monoisotopic (exact) mass is 362 g/mol. The zero-order valence-electron chi connectivity index (χ0n) is 14.5. The number of hydrogen-bond acceptors (Lipinski definition) is 6. The fourth-order valence-corrected chi connectivity index (χ4v) is 2.74. The largest absolute Gasteiger partial charge is 0.302 e. The first-order valence-electron chi connectivity index (χ1n) is 8.08. The summed E-state index contributed by atoms with van der Waals surface area (Å²) >= 11 is 1.28. The Morgan fingerprint density at radius 1 is 1.28 bits per heavy atom. The minimum Gasteiger partial charge on any atom is -0.302 e. The number of thioether (sulfide) groups is 1. The number of carbonyl (C=O) groups excluding carboxylic acids is 2. The molecule has 0 saturated heterocycles. The molecule has 0 fully saturated rings. The SMILES string of the molecule is CCCn1c(SCC(=O)NNC(=O)C(C)C)nnc1-c1cccnc1. The van der Waals surface area contributed by atoms with Gasteiger partial charge in [-0.05, 0) is 18.6 Å². The van der Waals surface area contributed by atoms with Crippen LogP contribution in [0.5, 0.6) is 0 Å². The molecular formula is C16H22N6O2S. The number of hydrogen-bond donors (Lipinski definition) is 2. The predicted octanol–water partition coefficient (Wildman–Crippen LogP) is 1.65. The molecule has 0 aliphatic rings. The van der Waals surface area contributed by atoms with Gasteiger partial charge in [0.2, 0.25) is 11.8 Å². The standard InChI is InChI=1S/C16H22N6O2S/c1-4-8-22-14(12-6-5-7-17-9-12)19-21-16(22)25-10-13(23)18-20-15(24)11(2)3/h5-7,9,11H,4,8,10H2,1-3H3,(H,18,23)(H,20,24). The molecule has 134 valence electrons. The van der Waals surface area contributed by atoms with Crippen LogP contribution in [-0.2, 0) is 16.1 Å². The van der Waals surface area contributed by atoms with Gasteiger partial charge in [-0.2, -0.15) is 0 Å². The smallest absolute Gasteiger partial charge is 0.248 e. The lowest BCUT2D eigenvalue weighted by atomic mass is 10.2. The minimum atomic E-state index is -0.298. The summed E-state index contributed by atoms with van der Waals surface area (Å²) < 4.78 is 1.97. The predicted molar refractivity (Wildman–Crippen MR) is 95.4 cm³/mol. The van der Waals surface area contributed by atoms with Crippen molar-refractivity contribution in [1.29, 1.82) is 0 Å². The van der Waals surface area contributed by atoms with Gasteiger partial charge in [0.05, 0.1) is 5.75 Å². The Bertz CT molecular complexity index is 717. The van der Waals surface area contributed by atoms with E-state index in [2.05, 4.69) is 33.0 Å². The number of aromatic nitrogens is 4. The Hall–Kier alpha value is -2.42. The molecule has 0 aromatic carbocycles. The Kier molecular flexibility index (Phi) is 6.93. The Morgan fingerprint density at radius 3 is 2.72 bits per heavy atom. The van der Waals surface area contributed by atoms with E-state index < -0.39 is 0 Å². The average molecular weight is 362 g/mol. The van der Waals surface area contributed by atoms with E-state index >= 15 is 0 Å². The molecule has 0 bridgehead atoms. The molecule has 0 spiro atoms. The van der Waals surface area contributed by atoms with E-state index in [-0.39, 0.29) is 23.5 Å². The summed E-state index contributed by atoms with van der Waals surface area (Å²) in [4.78, 5) is 27.4. The van der Waals surface area contributed by atoms with Crippen molar-refractivity contribution >= 4 is 23.6 Å². The third kappa shape index (κ3) is 5.28. The second-order valence-corrected chi connectivity index (χ2v) is 6.62. The minimum absolute atomic E-state index is 0.132. The van der Waals surface area contributed by atoms with Crippen LogP contribution in [0.15, 0.2) is 29.7 Å². The highest BCUT2D eigenvalue weighted by atomic mass is 32.2. The van der Waals surface area contributed by atoms with Crippen molar-refractivity contribution in [2.45, 2.75) is 38.9 Å². The van der Waals surface area contributed by atoms with Crippen LogP contribution in [-0.4, -0.2) is 37.3 Å². The second kappa shape index (κ2) is 9.16. The Labute approximate surface area is 150 Å². The van der Waals surface area contributed by atoms with E-state index in [1.54, 1.807) is 26.2 Å². The lowest BCUT2D eigenvalue weighted by Gasteiger charge is -2.10. The summed E-state index contributed by atoms with van der Waals surface area (Å²) in [6.45, 7) is 6.31. The quantitative estimate of drug-likeness (QED) is 0.573. The lowest BCUT2D eigenvalue weighted by molar-refractivity contribution is -0.129. The van der Waals surface area contributed by atoms with Gasteiger partial charge in [-0.25, -0.2) is 0 Å². The van der Waals surface area contributed by atoms with Gasteiger partial charge in [-0.3, -0.25) is 25.4 Å². The van der Waals surface area contributed by atoms with Crippen LogP contribution >= 0.6 is 11.8 Å². The van der Waals surface area contributed by atoms with E-state index in [0.29, 0.717) is 5.16 Å². The van der Waals surface area contributed by atoms with Crippen LogP contribution < -0.4 is 10.9 Å². The van der Waals surface area contributed by atoms with Crippen molar-refractivity contribution in [2.75, 3.05) is 5.75 Å². The maximum atomic E-state index is 11.9. The highest BCUT2D eigenvalue weighted by molar-refractivity contribution is 7.99. The summed E-state index contributed by atoms with van der Waals surface area (Å²) in [5, 5.41) is 9.08. The Morgan fingerprint density at radius 2 is 2.08 bits per heavy atom. The molecule has 2 N–H and O–H groups in total. The highest BCUT2D eigenvalue weighted by Gasteiger charge is 2.15. The van der Waals surface area contributed by atoms with Crippen molar-refractivity contribution in [3.8, 4) is 11.4 Å². The van der Waals surface area contributed by atoms with E-state index in [0.717, 1.165) is 24.4 Å². The molecular weight excluding hydrogens is 340 g/mol. The molecule has 0 radical (unpaired) electrons. The summed E-state index contributed by atoms with van der Waals surface area (Å²) in [7, 11) is 0. The van der Waals surface area contributed by atoms with Gasteiger partial charge in [0.1, 0.15) is 0 Å². The van der Waals surface area contributed by atoms with E-state index in [9.17, 15) is 9.59 Å². The first kappa shape index (κ1) is 18.9. The van der Waals surface area contributed by atoms with Gasteiger partial charge in [-0.1, -0.05) is 32.5 Å². The van der Waals surface area contributed by atoms with E-state index in [4.69, 9.17) is 0 Å². The number of carbonyl (C=O) groups is 2. The molecule has 2 rings (SSSR count). The highest BCUT2D eigenvalue weighted by Crippen LogP contribution is 2.23. The van der Waals surface area contributed by atoms with E-state index in [1.165, 1.54) is 11.8 Å². The molecule has 2 aromatic heterocycles. The third-order valence-corrected chi connectivity index (χ3v) is 4.23. The van der Waals surface area contributed by atoms with Crippen LogP contribution in [0.1, 0.15) is 27.2 Å². The van der Waals surface area contributed by atoms with Crippen molar-refractivity contribution in [2.24, 2.45) is 5.92 Å². The van der Waals surface area contributed by atoms with Crippen molar-refractivity contribution in [1.82, 2.24) is 30.6 Å². The maximum Gasteiger partial charge on any atom is 0.248 e. The molecule has 25 heavy (non-hydrogen) atoms. The Balaban J connectivity index is 2.01.